The van der Waals surface area contributed by atoms with Gasteiger partial charge in [0.05, 0.1) is 7.11 Å². The Morgan fingerprint density at radius 1 is 1.35 bits per heavy atom. The Kier molecular flexibility index (Phi) is 3.20. The van der Waals surface area contributed by atoms with Gasteiger partial charge in [0.15, 0.2) is 5.69 Å². The van der Waals surface area contributed by atoms with Crippen LogP contribution in [0.5, 0.6) is 0 Å². The summed E-state index contributed by atoms with van der Waals surface area (Å²) in [6, 6.07) is 9.38. The molecule has 1 aromatic heterocycles. The molecule has 0 saturated heterocycles. The maximum atomic E-state index is 11.7. The lowest BCUT2D eigenvalue weighted by Gasteiger charge is -2.10. The molecule has 0 N–H and O–H groups in total. The smallest absolute Gasteiger partial charge is 0.299 e. The van der Waals surface area contributed by atoms with Crippen molar-refractivity contribution in [1.82, 2.24) is 10.0 Å². The van der Waals surface area contributed by atoms with E-state index in [1.807, 2.05) is 30.3 Å². The van der Waals surface area contributed by atoms with Gasteiger partial charge in [0, 0.05) is 12.6 Å². The predicted molar refractivity (Wildman–Crippen MR) is 61.0 cm³/mol. The van der Waals surface area contributed by atoms with Gasteiger partial charge in [-0.25, -0.2) is 10.0 Å². The first-order valence-electron chi connectivity index (χ1n) is 5.05. The number of hydrogen-bond acceptors (Lipinski definition) is 4. The molecule has 2 aromatic rings. The molecule has 17 heavy (non-hydrogen) atoms. The number of hydrogen-bond donors (Lipinski definition) is 0. The summed E-state index contributed by atoms with van der Waals surface area (Å²) < 4.78 is 5.25. The first kappa shape index (κ1) is 11.3. The van der Waals surface area contributed by atoms with Crippen molar-refractivity contribution in [2.24, 2.45) is 0 Å². The fourth-order valence-corrected chi connectivity index (χ4v) is 1.33. The van der Waals surface area contributed by atoms with Gasteiger partial charge < -0.3 is 4.42 Å². The average molecular weight is 232 g/mol. The molecule has 2 rings (SSSR count). The number of hydroxylamine groups is 2. The summed E-state index contributed by atoms with van der Waals surface area (Å²) in [5.41, 5.74) is 1.04. The molecular weight excluding hydrogens is 220 g/mol. The van der Waals surface area contributed by atoms with Crippen LogP contribution in [0.4, 0.5) is 0 Å². The van der Waals surface area contributed by atoms with E-state index in [0.29, 0.717) is 5.89 Å². The van der Waals surface area contributed by atoms with Crippen LogP contribution in [0.15, 0.2) is 41.0 Å². The van der Waals surface area contributed by atoms with Gasteiger partial charge in [0.1, 0.15) is 6.26 Å². The molecule has 0 aliphatic carbocycles. The van der Waals surface area contributed by atoms with Crippen LogP contribution in [0.1, 0.15) is 10.5 Å². The number of carbonyl (C=O) groups excluding carboxylic acids is 1. The van der Waals surface area contributed by atoms with Crippen molar-refractivity contribution < 1.29 is 14.0 Å². The van der Waals surface area contributed by atoms with Crippen molar-refractivity contribution in [3.8, 4) is 11.5 Å². The minimum absolute atomic E-state index is 0.216. The molecule has 5 nitrogen and oxygen atoms in total. The first-order valence-corrected chi connectivity index (χ1v) is 5.05. The fraction of sp³-hybridized carbons (Fsp3) is 0.167. The lowest BCUT2D eigenvalue weighted by atomic mass is 10.2. The Labute approximate surface area is 98.6 Å². The van der Waals surface area contributed by atoms with Crippen LogP contribution >= 0.6 is 0 Å². The highest BCUT2D eigenvalue weighted by Crippen LogP contribution is 2.18. The fourth-order valence-electron chi connectivity index (χ4n) is 1.33. The van der Waals surface area contributed by atoms with Crippen LogP contribution in [-0.4, -0.2) is 30.1 Å². The average Bonchev–Trinajstić information content (AvgIpc) is 2.87. The van der Waals surface area contributed by atoms with Crippen LogP contribution < -0.4 is 0 Å². The summed E-state index contributed by atoms with van der Waals surface area (Å²) in [4.78, 5) is 20.6. The maximum Gasteiger partial charge on any atom is 0.299 e. The van der Waals surface area contributed by atoms with Gasteiger partial charge in [-0.15, -0.1) is 0 Å². The van der Waals surface area contributed by atoms with Crippen molar-refractivity contribution in [1.29, 1.82) is 0 Å². The third-order valence-corrected chi connectivity index (χ3v) is 2.30. The summed E-state index contributed by atoms with van der Waals surface area (Å²) in [7, 11) is 2.93. The Morgan fingerprint density at radius 2 is 2.06 bits per heavy atom. The van der Waals surface area contributed by atoms with Crippen molar-refractivity contribution >= 4 is 5.91 Å². The molecule has 0 atom stereocenters. The quantitative estimate of drug-likeness (QED) is 0.759. The minimum atomic E-state index is -0.349. The SMILES string of the molecule is CON(C)C(=O)c1coc(-c2ccccc2)n1. The molecule has 1 amide bonds. The standard InChI is InChI=1S/C12H12N2O3/c1-14(16-2)12(15)10-8-17-11(13-10)9-6-4-3-5-7-9/h3-8H,1-2H3. The number of aromatic nitrogens is 1. The second kappa shape index (κ2) is 4.80. The van der Waals surface area contributed by atoms with Gasteiger partial charge in [-0.2, -0.15) is 0 Å². The van der Waals surface area contributed by atoms with Crippen LogP contribution in [0.3, 0.4) is 0 Å². The molecule has 0 fully saturated rings. The molecule has 0 aliphatic rings. The van der Waals surface area contributed by atoms with Crippen LogP contribution in [-0.2, 0) is 4.84 Å². The van der Waals surface area contributed by atoms with E-state index in [9.17, 15) is 4.79 Å². The maximum absolute atomic E-state index is 11.7. The number of oxazole rings is 1. The van der Waals surface area contributed by atoms with E-state index in [2.05, 4.69) is 4.98 Å². The highest BCUT2D eigenvalue weighted by Gasteiger charge is 2.16. The van der Waals surface area contributed by atoms with E-state index in [0.717, 1.165) is 10.6 Å². The molecule has 88 valence electrons. The van der Waals surface area contributed by atoms with Crippen LogP contribution in [0.2, 0.25) is 0 Å². The number of nitrogens with zero attached hydrogens (tertiary/aromatic N) is 2. The number of rotatable bonds is 3. The minimum Gasteiger partial charge on any atom is -0.444 e. The van der Waals surface area contributed by atoms with E-state index in [4.69, 9.17) is 9.25 Å². The molecule has 1 aromatic carbocycles. The van der Waals surface area contributed by atoms with E-state index in [-0.39, 0.29) is 11.6 Å². The first-order chi connectivity index (χ1) is 8.22. The van der Waals surface area contributed by atoms with Gasteiger partial charge in [0.25, 0.3) is 5.91 Å². The lowest BCUT2D eigenvalue weighted by Crippen LogP contribution is -2.25. The summed E-state index contributed by atoms with van der Waals surface area (Å²) in [6.07, 6.45) is 1.32. The van der Waals surface area contributed by atoms with Gasteiger partial charge >= 0.3 is 0 Å². The van der Waals surface area contributed by atoms with Crippen LogP contribution in [0.25, 0.3) is 11.5 Å². The summed E-state index contributed by atoms with van der Waals surface area (Å²) >= 11 is 0. The van der Waals surface area contributed by atoms with E-state index in [1.54, 1.807) is 0 Å². The summed E-state index contributed by atoms with van der Waals surface area (Å²) in [6.45, 7) is 0. The van der Waals surface area contributed by atoms with Crippen molar-refractivity contribution in [2.45, 2.75) is 0 Å². The molecule has 0 saturated carbocycles. The van der Waals surface area contributed by atoms with E-state index < -0.39 is 0 Å². The zero-order valence-corrected chi connectivity index (χ0v) is 9.58. The van der Waals surface area contributed by atoms with Crippen molar-refractivity contribution in [3.63, 3.8) is 0 Å². The normalized spacial score (nSPS) is 10.2. The summed E-state index contributed by atoms with van der Waals surface area (Å²) in [5.74, 6) is 0.0666. The number of benzene rings is 1. The second-order valence-corrected chi connectivity index (χ2v) is 3.39. The van der Waals surface area contributed by atoms with Crippen molar-refractivity contribution in [3.05, 3.63) is 42.3 Å². The zero-order valence-electron chi connectivity index (χ0n) is 9.58. The largest absolute Gasteiger partial charge is 0.444 e. The third kappa shape index (κ3) is 2.34. The summed E-state index contributed by atoms with van der Waals surface area (Å²) in [5, 5.41) is 1.09. The Hall–Kier alpha value is -2.14. The molecule has 0 spiro atoms. The highest BCUT2D eigenvalue weighted by atomic mass is 16.7. The highest BCUT2D eigenvalue weighted by molar-refractivity contribution is 5.91. The van der Waals surface area contributed by atoms with E-state index in [1.165, 1.54) is 20.4 Å². The van der Waals surface area contributed by atoms with Gasteiger partial charge in [-0.1, -0.05) is 18.2 Å². The molecule has 0 aliphatic heterocycles. The number of amides is 1. The molecular formula is C12H12N2O3. The monoisotopic (exact) mass is 232 g/mol. The van der Waals surface area contributed by atoms with E-state index >= 15 is 0 Å². The zero-order chi connectivity index (χ0) is 12.3. The molecule has 1 heterocycles. The lowest BCUT2D eigenvalue weighted by molar-refractivity contribution is -0.0760. The van der Waals surface area contributed by atoms with Crippen molar-refractivity contribution in [2.75, 3.05) is 14.2 Å². The van der Waals surface area contributed by atoms with Gasteiger partial charge in [0.2, 0.25) is 5.89 Å². The second-order valence-electron chi connectivity index (χ2n) is 3.39. The van der Waals surface area contributed by atoms with Crippen LogP contribution in [0, 0.1) is 0 Å². The van der Waals surface area contributed by atoms with Gasteiger partial charge in [-0.3, -0.25) is 9.63 Å². The molecule has 5 heteroatoms. The topological polar surface area (TPSA) is 55.6 Å². The molecule has 0 bridgehead atoms. The predicted octanol–water partition coefficient (Wildman–Crippen LogP) is 1.97. The Bertz CT molecular complexity index is 507. The Morgan fingerprint density at radius 3 is 2.71 bits per heavy atom. The number of carbonyl (C=O) groups is 1. The molecule has 0 radical (unpaired) electrons. The third-order valence-electron chi connectivity index (χ3n) is 2.30. The molecule has 0 unspecified atom stereocenters. The Balaban J connectivity index is 2.25. The van der Waals surface area contributed by atoms with Gasteiger partial charge in [-0.05, 0) is 12.1 Å².